The summed E-state index contributed by atoms with van der Waals surface area (Å²) < 4.78 is 6.77. The molecule has 0 amide bonds. The summed E-state index contributed by atoms with van der Waals surface area (Å²) in [5.74, 6) is 0.743. The molecule has 1 aliphatic carbocycles. The first-order valence-electron chi connectivity index (χ1n) is 4.36. The van der Waals surface area contributed by atoms with Crippen molar-refractivity contribution in [1.82, 2.24) is 4.98 Å². The van der Waals surface area contributed by atoms with Crippen LogP contribution in [0.3, 0.4) is 0 Å². The number of fused-ring (bicyclic) bond motifs is 1. The highest BCUT2D eigenvalue weighted by Gasteiger charge is 2.48. The van der Waals surface area contributed by atoms with Gasteiger partial charge in [-0.3, -0.25) is 0 Å². The summed E-state index contributed by atoms with van der Waals surface area (Å²) in [4.78, 5) is 4.22. The van der Waals surface area contributed by atoms with Crippen LogP contribution in [0.1, 0.15) is 12.8 Å². The smallest absolute Gasteiger partial charge is 0.238 e. The zero-order valence-corrected chi connectivity index (χ0v) is 8.60. The summed E-state index contributed by atoms with van der Waals surface area (Å²) >= 11 is 3.38. The molecule has 4 heteroatoms. The van der Waals surface area contributed by atoms with Gasteiger partial charge in [0.25, 0.3) is 0 Å². The Bertz CT molecular complexity index is 363. The Morgan fingerprint density at radius 3 is 3.15 bits per heavy atom. The van der Waals surface area contributed by atoms with Crippen LogP contribution in [-0.4, -0.2) is 17.1 Å². The third-order valence-electron chi connectivity index (χ3n) is 2.54. The molecule has 1 spiro atoms. The van der Waals surface area contributed by atoms with E-state index in [0.717, 1.165) is 35.4 Å². The SMILES string of the molecule is Brc1cnc2c(c1)NCC1(CC1)O2. The Labute approximate surface area is 84.6 Å². The molecule has 0 aromatic carbocycles. The highest BCUT2D eigenvalue weighted by Crippen LogP contribution is 2.45. The molecular weight excluding hydrogens is 232 g/mol. The van der Waals surface area contributed by atoms with Gasteiger partial charge >= 0.3 is 0 Å². The van der Waals surface area contributed by atoms with Crippen LogP contribution in [0.4, 0.5) is 5.69 Å². The number of aromatic nitrogens is 1. The zero-order valence-electron chi connectivity index (χ0n) is 7.01. The maximum absolute atomic E-state index is 5.79. The Kier molecular flexibility index (Phi) is 1.39. The molecule has 0 radical (unpaired) electrons. The van der Waals surface area contributed by atoms with E-state index in [9.17, 15) is 0 Å². The van der Waals surface area contributed by atoms with Crippen molar-refractivity contribution >= 4 is 21.6 Å². The van der Waals surface area contributed by atoms with Crippen LogP contribution in [-0.2, 0) is 0 Å². The van der Waals surface area contributed by atoms with E-state index in [0.29, 0.717) is 0 Å². The van der Waals surface area contributed by atoms with Crippen molar-refractivity contribution in [2.45, 2.75) is 18.4 Å². The maximum atomic E-state index is 5.79. The monoisotopic (exact) mass is 240 g/mol. The summed E-state index contributed by atoms with van der Waals surface area (Å²) in [6.07, 6.45) is 4.07. The van der Waals surface area contributed by atoms with Crippen molar-refractivity contribution < 1.29 is 4.74 Å². The van der Waals surface area contributed by atoms with Crippen LogP contribution in [0.5, 0.6) is 5.88 Å². The number of nitrogens with one attached hydrogen (secondary N) is 1. The molecule has 0 saturated heterocycles. The molecule has 13 heavy (non-hydrogen) atoms. The number of hydrogen-bond acceptors (Lipinski definition) is 3. The molecule has 68 valence electrons. The molecule has 1 saturated carbocycles. The first-order chi connectivity index (χ1) is 6.27. The second-order valence-electron chi connectivity index (χ2n) is 3.64. The predicted octanol–water partition coefficient (Wildman–Crippen LogP) is 2.18. The van der Waals surface area contributed by atoms with Gasteiger partial charge in [-0.1, -0.05) is 0 Å². The van der Waals surface area contributed by atoms with Crippen LogP contribution < -0.4 is 10.1 Å². The van der Waals surface area contributed by atoms with E-state index in [1.807, 2.05) is 6.07 Å². The van der Waals surface area contributed by atoms with E-state index in [4.69, 9.17) is 4.74 Å². The number of rotatable bonds is 0. The van der Waals surface area contributed by atoms with Gasteiger partial charge in [0.05, 0.1) is 12.2 Å². The van der Waals surface area contributed by atoms with Crippen molar-refractivity contribution in [1.29, 1.82) is 0 Å². The van der Waals surface area contributed by atoms with E-state index in [1.165, 1.54) is 0 Å². The summed E-state index contributed by atoms with van der Waals surface area (Å²) in [6.45, 7) is 0.915. The lowest BCUT2D eigenvalue weighted by atomic mass is 10.2. The molecular formula is C9H9BrN2O. The molecule has 1 aliphatic heterocycles. The molecule has 3 nitrogen and oxygen atoms in total. The predicted molar refractivity (Wildman–Crippen MR) is 53.0 cm³/mol. The van der Waals surface area contributed by atoms with Crippen molar-refractivity contribution in [3.05, 3.63) is 16.7 Å². The highest BCUT2D eigenvalue weighted by molar-refractivity contribution is 9.10. The molecule has 1 N–H and O–H groups in total. The summed E-state index contributed by atoms with van der Waals surface area (Å²) in [5.41, 5.74) is 1.07. The lowest BCUT2D eigenvalue weighted by Crippen LogP contribution is -2.33. The van der Waals surface area contributed by atoms with Gasteiger partial charge in [0.1, 0.15) is 5.60 Å². The lowest BCUT2D eigenvalue weighted by Gasteiger charge is -2.26. The van der Waals surface area contributed by atoms with Crippen LogP contribution in [0.25, 0.3) is 0 Å². The normalized spacial score (nSPS) is 21.6. The Morgan fingerprint density at radius 1 is 1.54 bits per heavy atom. The minimum Gasteiger partial charge on any atom is -0.468 e. The van der Waals surface area contributed by atoms with E-state index in [-0.39, 0.29) is 5.60 Å². The van der Waals surface area contributed by atoms with Crippen molar-refractivity contribution in [2.24, 2.45) is 0 Å². The lowest BCUT2D eigenvalue weighted by molar-refractivity contribution is 0.175. The van der Waals surface area contributed by atoms with Gasteiger partial charge in [-0.05, 0) is 34.8 Å². The first-order valence-corrected chi connectivity index (χ1v) is 5.15. The molecule has 1 aromatic rings. The maximum Gasteiger partial charge on any atom is 0.238 e. The molecule has 0 unspecified atom stereocenters. The molecule has 0 atom stereocenters. The summed E-state index contributed by atoms with van der Waals surface area (Å²) in [5, 5.41) is 3.34. The zero-order chi connectivity index (χ0) is 8.89. The van der Waals surface area contributed by atoms with E-state index in [1.54, 1.807) is 6.20 Å². The Morgan fingerprint density at radius 2 is 2.38 bits per heavy atom. The van der Waals surface area contributed by atoms with Crippen LogP contribution >= 0.6 is 15.9 Å². The molecule has 3 rings (SSSR count). The van der Waals surface area contributed by atoms with Crippen molar-refractivity contribution in [3.63, 3.8) is 0 Å². The van der Waals surface area contributed by atoms with E-state index < -0.39 is 0 Å². The third kappa shape index (κ3) is 1.20. The summed E-state index contributed by atoms with van der Waals surface area (Å²) in [6, 6.07) is 2.00. The number of halogens is 1. The second kappa shape index (κ2) is 2.38. The first kappa shape index (κ1) is 7.62. The van der Waals surface area contributed by atoms with Gasteiger partial charge in [0.15, 0.2) is 0 Å². The van der Waals surface area contributed by atoms with Gasteiger partial charge in [0, 0.05) is 10.7 Å². The molecule has 2 aliphatic rings. The summed E-state index contributed by atoms with van der Waals surface area (Å²) in [7, 11) is 0. The minimum atomic E-state index is 0.0772. The Hall–Kier alpha value is -0.770. The molecule has 0 bridgehead atoms. The molecule has 1 fully saturated rings. The van der Waals surface area contributed by atoms with Gasteiger partial charge in [-0.2, -0.15) is 0 Å². The highest BCUT2D eigenvalue weighted by atomic mass is 79.9. The van der Waals surface area contributed by atoms with Crippen molar-refractivity contribution in [2.75, 3.05) is 11.9 Å². The number of pyridine rings is 1. The standard InChI is InChI=1S/C9H9BrN2O/c10-6-3-7-8(11-4-6)13-9(1-2-9)5-12-7/h3-4,12H,1-2,5H2. The van der Waals surface area contributed by atoms with Crippen molar-refractivity contribution in [3.8, 4) is 5.88 Å². The van der Waals surface area contributed by atoms with E-state index >= 15 is 0 Å². The second-order valence-corrected chi connectivity index (χ2v) is 4.56. The molecule has 1 aromatic heterocycles. The van der Waals surface area contributed by atoms with Crippen LogP contribution in [0.2, 0.25) is 0 Å². The van der Waals surface area contributed by atoms with E-state index in [2.05, 4.69) is 26.2 Å². The molecule has 2 heterocycles. The number of ether oxygens (including phenoxy) is 1. The average Bonchev–Trinajstić information content (AvgIpc) is 2.87. The topological polar surface area (TPSA) is 34.2 Å². The van der Waals surface area contributed by atoms with Gasteiger partial charge in [-0.15, -0.1) is 0 Å². The number of hydrogen-bond donors (Lipinski definition) is 1. The largest absolute Gasteiger partial charge is 0.468 e. The fraction of sp³-hybridized carbons (Fsp3) is 0.444. The fourth-order valence-corrected chi connectivity index (χ4v) is 1.88. The number of anilines is 1. The average molecular weight is 241 g/mol. The van der Waals surface area contributed by atoms with Crippen LogP contribution in [0, 0.1) is 0 Å². The third-order valence-corrected chi connectivity index (χ3v) is 2.97. The quantitative estimate of drug-likeness (QED) is 0.755. The fourth-order valence-electron chi connectivity index (χ4n) is 1.55. The minimum absolute atomic E-state index is 0.0772. The van der Waals surface area contributed by atoms with Crippen LogP contribution in [0.15, 0.2) is 16.7 Å². The van der Waals surface area contributed by atoms with Gasteiger partial charge < -0.3 is 10.1 Å². The Balaban J connectivity index is 2.00. The number of nitrogens with zero attached hydrogens (tertiary/aromatic N) is 1. The van der Waals surface area contributed by atoms with Gasteiger partial charge in [0.2, 0.25) is 5.88 Å². The van der Waals surface area contributed by atoms with Gasteiger partial charge in [-0.25, -0.2) is 4.98 Å².